The Morgan fingerprint density at radius 2 is 1.92 bits per heavy atom. The van der Waals surface area contributed by atoms with Gasteiger partial charge in [-0.3, -0.25) is 0 Å². The van der Waals surface area contributed by atoms with Crippen LogP contribution in [0.4, 0.5) is 0 Å². The van der Waals surface area contributed by atoms with Gasteiger partial charge in [0.25, 0.3) is 0 Å². The van der Waals surface area contributed by atoms with Crippen molar-refractivity contribution in [1.82, 2.24) is 10.2 Å². The lowest BCUT2D eigenvalue weighted by molar-refractivity contribution is 0.0892. The van der Waals surface area contributed by atoms with E-state index in [1.807, 2.05) is 41.7 Å². The highest BCUT2D eigenvalue weighted by Crippen LogP contribution is 2.20. The van der Waals surface area contributed by atoms with Crippen molar-refractivity contribution in [3.63, 3.8) is 0 Å². The standard InChI is InChI=1S/C20H28N2OS/c23-20(18-5-2-1-3-6-18)16-22-12-9-17(10-13-22)15-21-11-8-19-7-4-14-24-19/h1-7,14,17,20-21,23H,8-13,15-16H2/t20-/m0/s1. The zero-order chi connectivity index (χ0) is 16.6. The summed E-state index contributed by atoms with van der Waals surface area (Å²) in [5.74, 6) is 0.776. The second kappa shape index (κ2) is 9.33. The molecule has 1 fully saturated rings. The van der Waals surface area contributed by atoms with Gasteiger partial charge in [0, 0.05) is 11.4 Å². The number of benzene rings is 1. The smallest absolute Gasteiger partial charge is 0.0916 e. The maximum atomic E-state index is 10.3. The molecule has 0 aliphatic carbocycles. The van der Waals surface area contributed by atoms with Gasteiger partial charge < -0.3 is 15.3 Å². The number of aliphatic hydroxyl groups excluding tert-OH is 1. The van der Waals surface area contributed by atoms with Gasteiger partial charge in [-0.2, -0.15) is 0 Å². The quantitative estimate of drug-likeness (QED) is 0.721. The summed E-state index contributed by atoms with van der Waals surface area (Å²) in [7, 11) is 0. The molecule has 4 heteroatoms. The Morgan fingerprint density at radius 3 is 2.62 bits per heavy atom. The number of β-amino-alcohol motifs (C(OH)–C–C–N with tert-alkyl or cyclic N) is 1. The molecule has 24 heavy (non-hydrogen) atoms. The van der Waals surface area contributed by atoms with Crippen LogP contribution in [-0.2, 0) is 6.42 Å². The molecule has 3 rings (SSSR count). The second-order valence-electron chi connectivity index (χ2n) is 6.70. The van der Waals surface area contributed by atoms with E-state index in [4.69, 9.17) is 0 Å². The van der Waals surface area contributed by atoms with E-state index in [1.165, 1.54) is 17.7 Å². The number of hydrogen-bond donors (Lipinski definition) is 2. The zero-order valence-electron chi connectivity index (χ0n) is 14.2. The molecule has 2 heterocycles. The predicted octanol–water partition coefficient (Wildman–Crippen LogP) is 3.33. The van der Waals surface area contributed by atoms with Crippen molar-refractivity contribution in [2.45, 2.75) is 25.4 Å². The topological polar surface area (TPSA) is 35.5 Å². The van der Waals surface area contributed by atoms with E-state index < -0.39 is 0 Å². The zero-order valence-corrected chi connectivity index (χ0v) is 15.0. The Hall–Kier alpha value is -1.20. The molecule has 2 aromatic rings. The van der Waals surface area contributed by atoms with Crippen LogP contribution >= 0.6 is 11.3 Å². The molecule has 0 radical (unpaired) electrons. The number of aliphatic hydroxyl groups is 1. The van der Waals surface area contributed by atoms with E-state index >= 15 is 0 Å². The highest BCUT2D eigenvalue weighted by atomic mass is 32.1. The third kappa shape index (κ3) is 5.42. The van der Waals surface area contributed by atoms with E-state index in [9.17, 15) is 5.11 Å². The molecule has 130 valence electrons. The van der Waals surface area contributed by atoms with Gasteiger partial charge in [-0.1, -0.05) is 36.4 Å². The number of likely N-dealkylation sites (tertiary alicyclic amines) is 1. The first-order chi connectivity index (χ1) is 11.8. The van der Waals surface area contributed by atoms with Crippen LogP contribution in [0.15, 0.2) is 47.8 Å². The molecular formula is C20H28N2OS. The van der Waals surface area contributed by atoms with Gasteiger partial charge in [-0.15, -0.1) is 11.3 Å². The van der Waals surface area contributed by atoms with Crippen LogP contribution in [-0.4, -0.2) is 42.7 Å². The monoisotopic (exact) mass is 344 g/mol. The summed E-state index contributed by atoms with van der Waals surface area (Å²) in [5, 5.41) is 16.1. The van der Waals surface area contributed by atoms with Crippen LogP contribution in [0, 0.1) is 5.92 Å². The van der Waals surface area contributed by atoms with Crippen LogP contribution in [0.5, 0.6) is 0 Å². The largest absolute Gasteiger partial charge is 0.387 e. The second-order valence-corrected chi connectivity index (χ2v) is 7.74. The average Bonchev–Trinajstić information content (AvgIpc) is 3.14. The minimum atomic E-state index is -0.369. The lowest BCUT2D eigenvalue weighted by Gasteiger charge is -2.33. The third-order valence-electron chi connectivity index (χ3n) is 4.88. The van der Waals surface area contributed by atoms with Crippen LogP contribution < -0.4 is 5.32 Å². The van der Waals surface area contributed by atoms with E-state index in [0.717, 1.165) is 50.6 Å². The van der Waals surface area contributed by atoms with E-state index in [0.29, 0.717) is 0 Å². The van der Waals surface area contributed by atoms with E-state index in [-0.39, 0.29) is 6.10 Å². The molecular weight excluding hydrogens is 316 g/mol. The van der Waals surface area contributed by atoms with Crippen LogP contribution in [0.25, 0.3) is 0 Å². The molecule has 0 bridgehead atoms. The highest BCUT2D eigenvalue weighted by Gasteiger charge is 2.21. The fourth-order valence-electron chi connectivity index (χ4n) is 3.37. The number of piperidine rings is 1. The summed E-state index contributed by atoms with van der Waals surface area (Å²) >= 11 is 1.84. The predicted molar refractivity (Wildman–Crippen MR) is 101 cm³/mol. The van der Waals surface area contributed by atoms with Crippen molar-refractivity contribution >= 4 is 11.3 Å². The molecule has 1 saturated heterocycles. The normalized spacial score (nSPS) is 17.9. The van der Waals surface area contributed by atoms with Crippen LogP contribution in [0.2, 0.25) is 0 Å². The first kappa shape index (κ1) is 17.6. The minimum Gasteiger partial charge on any atom is -0.387 e. The van der Waals surface area contributed by atoms with Crippen molar-refractivity contribution in [3.8, 4) is 0 Å². The number of thiophene rings is 1. The first-order valence-electron chi connectivity index (χ1n) is 9.00. The van der Waals surface area contributed by atoms with Crippen molar-refractivity contribution < 1.29 is 5.11 Å². The minimum absolute atomic E-state index is 0.369. The molecule has 1 atom stereocenters. The Morgan fingerprint density at radius 1 is 1.12 bits per heavy atom. The van der Waals surface area contributed by atoms with Crippen LogP contribution in [0.1, 0.15) is 29.4 Å². The Balaban J connectivity index is 1.31. The number of nitrogens with zero attached hydrogens (tertiary/aromatic N) is 1. The van der Waals surface area contributed by atoms with Gasteiger partial charge in [0.1, 0.15) is 0 Å². The fraction of sp³-hybridized carbons (Fsp3) is 0.500. The lowest BCUT2D eigenvalue weighted by atomic mass is 9.96. The van der Waals surface area contributed by atoms with E-state index in [1.54, 1.807) is 0 Å². The summed E-state index contributed by atoms with van der Waals surface area (Å²) < 4.78 is 0. The number of nitrogens with one attached hydrogen (secondary N) is 1. The number of rotatable bonds is 8. The highest BCUT2D eigenvalue weighted by molar-refractivity contribution is 7.09. The maximum Gasteiger partial charge on any atom is 0.0916 e. The molecule has 0 amide bonds. The Kier molecular flexibility index (Phi) is 6.85. The fourth-order valence-corrected chi connectivity index (χ4v) is 4.08. The molecule has 3 nitrogen and oxygen atoms in total. The summed E-state index contributed by atoms with van der Waals surface area (Å²) in [6.07, 6.45) is 3.23. The Bertz CT molecular complexity index is 565. The number of hydrogen-bond acceptors (Lipinski definition) is 4. The molecule has 1 aliphatic rings. The van der Waals surface area contributed by atoms with Crippen molar-refractivity contribution in [1.29, 1.82) is 0 Å². The first-order valence-corrected chi connectivity index (χ1v) is 9.87. The van der Waals surface area contributed by atoms with Gasteiger partial charge in [-0.25, -0.2) is 0 Å². The average molecular weight is 345 g/mol. The SMILES string of the molecule is O[C@@H](CN1CCC(CNCCc2cccs2)CC1)c1ccccc1. The molecule has 0 spiro atoms. The molecule has 1 aromatic heterocycles. The molecule has 1 aliphatic heterocycles. The van der Waals surface area contributed by atoms with Gasteiger partial charge in [-0.05, 0) is 68.4 Å². The lowest BCUT2D eigenvalue weighted by Crippen LogP contribution is -2.39. The van der Waals surface area contributed by atoms with E-state index in [2.05, 4.69) is 27.7 Å². The molecule has 1 aromatic carbocycles. The summed E-state index contributed by atoms with van der Waals surface area (Å²) in [5.41, 5.74) is 1.02. The maximum absolute atomic E-state index is 10.3. The van der Waals surface area contributed by atoms with Gasteiger partial charge in [0.2, 0.25) is 0 Å². The summed E-state index contributed by atoms with van der Waals surface area (Å²) in [6.45, 7) is 5.15. The molecule has 2 N–H and O–H groups in total. The van der Waals surface area contributed by atoms with Crippen molar-refractivity contribution in [3.05, 3.63) is 58.3 Å². The van der Waals surface area contributed by atoms with Crippen molar-refractivity contribution in [2.75, 3.05) is 32.7 Å². The van der Waals surface area contributed by atoms with Crippen LogP contribution in [0.3, 0.4) is 0 Å². The summed E-state index contributed by atoms with van der Waals surface area (Å²) in [4.78, 5) is 3.87. The molecule has 0 saturated carbocycles. The Labute approximate surface area is 149 Å². The summed E-state index contributed by atoms with van der Waals surface area (Å²) in [6, 6.07) is 14.3. The van der Waals surface area contributed by atoms with Gasteiger partial charge in [0.05, 0.1) is 6.10 Å². The van der Waals surface area contributed by atoms with Crippen molar-refractivity contribution in [2.24, 2.45) is 5.92 Å². The molecule has 0 unspecified atom stereocenters. The van der Waals surface area contributed by atoms with Gasteiger partial charge >= 0.3 is 0 Å². The third-order valence-corrected chi connectivity index (χ3v) is 5.82. The van der Waals surface area contributed by atoms with Gasteiger partial charge in [0.15, 0.2) is 0 Å².